The van der Waals surface area contributed by atoms with Gasteiger partial charge < -0.3 is 10.2 Å². The van der Waals surface area contributed by atoms with Crippen molar-refractivity contribution in [2.75, 3.05) is 6.61 Å². The fraction of sp³-hybridized carbons (Fsp3) is 0.933. The molecule has 0 spiro atoms. The molecule has 0 amide bonds. The monoisotopic (exact) mass is 254 g/mol. The Kier molecular flexibility index (Phi) is 2.54. The molecule has 2 saturated carbocycles. The third-order valence-electron chi connectivity index (χ3n) is 7.74. The van der Waals surface area contributed by atoms with Crippen molar-refractivity contribution in [1.29, 1.82) is 0 Å². The lowest BCUT2D eigenvalue weighted by Crippen LogP contribution is -2.61. The Morgan fingerprint density at radius 2 is 1.56 bits per heavy atom. The van der Waals surface area contributed by atoms with E-state index in [-0.39, 0.29) is 17.4 Å². The van der Waals surface area contributed by atoms with Gasteiger partial charge in [0.25, 0.3) is 0 Å². The van der Waals surface area contributed by atoms with E-state index in [1.165, 1.54) is 0 Å². The summed E-state index contributed by atoms with van der Waals surface area (Å²) in [7, 11) is 0. The van der Waals surface area contributed by atoms with Crippen LogP contribution in [0.25, 0.3) is 0 Å². The zero-order valence-electron chi connectivity index (χ0n) is 12.4. The lowest BCUT2D eigenvalue weighted by atomic mass is 9.45. The van der Waals surface area contributed by atoms with Crippen molar-refractivity contribution < 1.29 is 15.0 Å². The van der Waals surface area contributed by atoms with Crippen molar-refractivity contribution >= 4 is 5.97 Å². The van der Waals surface area contributed by atoms with Gasteiger partial charge in [0.05, 0.1) is 12.0 Å². The van der Waals surface area contributed by atoms with E-state index in [4.69, 9.17) is 0 Å². The van der Waals surface area contributed by atoms with E-state index in [1.807, 2.05) is 13.8 Å². The second kappa shape index (κ2) is 3.30. The number of carboxylic acids is 1. The second-order valence-electron chi connectivity index (χ2n) is 7.51. The van der Waals surface area contributed by atoms with E-state index in [0.717, 1.165) is 6.42 Å². The molecule has 0 saturated heterocycles. The second-order valence-corrected chi connectivity index (χ2v) is 7.51. The van der Waals surface area contributed by atoms with Crippen LogP contribution in [0.5, 0.6) is 0 Å². The van der Waals surface area contributed by atoms with Crippen molar-refractivity contribution in [1.82, 2.24) is 0 Å². The van der Waals surface area contributed by atoms with Crippen molar-refractivity contribution in [3.05, 3.63) is 0 Å². The molecule has 6 unspecified atom stereocenters. The minimum absolute atomic E-state index is 0.0566. The van der Waals surface area contributed by atoms with Gasteiger partial charge in [0.2, 0.25) is 0 Å². The van der Waals surface area contributed by atoms with E-state index in [0.29, 0.717) is 11.8 Å². The summed E-state index contributed by atoms with van der Waals surface area (Å²) in [6, 6.07) is 0. The van der Waals surface area contributed by atoms with Crippen LogP contribution in [0.4, 0.5) is 0 Å². The molecule has 2 bridgehead atoms. The largest absolute Gasteiger partial charge is 0.481 e. The standard InChI is InChI=1S/C15H26O3/c1-9-10(2)13(4)7-12(9,3)14(5,8-16)15(13,6)11(17)18/h9-10,16H,7-8H2,1-6H3,(H,17,18). The van der Waals surface area contributed by atoms with Gasteiger partial charge in [-0.15, -0.1) is 0 Å². The summed E-state index contributed by atoms with van der Waals surface area (Å²) in [5.74, 6) is 0.0410. The smallest absolute Gasteiger partial charge is 0.310 e. The summed E-state index contributed by atoms with van der Waals surface area (Å²) in [4.78, 5) is 12.0. The van der Waals surface area contributed by atoms with Gasteiger partial charge in [-0.3, -0.25) is 4.79 Å². The van der Waals surface area contributed by atoms with Crippen LogP contribution in [0.2, 0.25) is 0 Å². The highest BCUT2D eigenvalue weighted by Gasteiger charge is 2.80. The molecule has 2 rings (SSSR count). The van der Waals surface area contributed by atoms with Crippen LogP contribution in [-0.4, -0.2) is 22.8 Å². The number of hydrogen-bond donors (Lipinski definition) is 2. The molecule has 2 aliphatic carbocycles. The Morgan fingerprint density at radius 1 is 1.11 bits per heavy atom. The molecule has 6 atom stereocenters. The summed E-state index contributed by atoms with van der Waals surface area (Å²) < 4.78 is 0. The van der Waals surface area contributed by atoms with Crippen LogP contribution in [-0.2, 0) is 4.79 Å². The molecule has 0 aromatic heterocycles. The fourth-order valence-electron chi connectivity index (χ4n) is 5.54. The van der Waals surface area contributed by atoms with E-state index in [1.54, 1.807) is 0 Å². The molecule has 3 nitrogen and oxygen atoms in total. The molecule has 18 heavy (non-hydrogen) atoms. The van der Waals surface area contributed by atoms with Crippen molar-refractivity contribution in [3.8, 4) is 0 Å². The first-order chi connectivity index (χ1) is 8.03. The van der Waals surface area contributed by atoms with Gasteiger partial charge in [-0.1, -0.05) is 34.6 Å². The summed E-state index contributed by atoms with van der Waals surface area (Å²) >= 11 is 0. The number of hydrogen-bond acceptors (Lipinski definition) is 2. The van der Waals surface area contributed by atoms with E-state index >= 15 is 0 Å². The molecule has 0 aliphatic heterocycles. The molecular formula is C15H26O3. The summed E-state index contributed by atoms with van der Waals surface area (Å²) in [5.41, 5.74) is -1.78. The maximum Gasteiger partial charge on any atom is 0.310 e. The topological polar surface area (TPSA) is 57.5 Å². The molecule has 2 aliphatic rings. The predicted octanol–water partition coefficient (Wildman–Crippen LogP) is 2.78. The number of aliphatic hydroxyl groups excluding tert-OH is 1. The van der Waals surface area contributed by atoms with Crippen LogP contribution >= 0.6 is 0 Å². The van der Waals surface area contributed by atoms with Gasteiger partial charge in [0, 0.05) is 5.41 Å². The van der Waals surface area contributed by atoms with Crippen molar-refractivity contribution in [2.45, 2.75) is 48.0 Å². The number of carboxylic acid groups (broad SMARTS) is 1. The molecule has 0 aromatic rings. The molecule has 2 N–H and O–H groups in total. The molecule has 104 valence electrons. The van der Waals surface area contributed by atoms with Crippen molar-refractivity contribution in [3.63, 3.8) is 0 Å². The van der Waals surface area contributed by atoms with Crippen LogP contribution in [0.15, 0.2) is 0 Å². The van der Waals surface area contributed by atoms with Crippen LogP contribution in [0.3, 0.4) is 0 Å². The highest BCUT2D eigenvalue weighted by Crippen LogP contribution is 2.81. The van der Waals surface area contributed by atoms with Crippen LogP contribution in [0.1, 0.15) is 48.0 Å². The van der Waals surface area contributed by atoms with Gasteiger partial charge in [0.15, 0.2) is 0 Å². The summed E-state index contributed by atoms with van der Waals surface area (Å²) in [6.45, 7) is 12.4. The highest BCUT2D eigenvalue weighted by atomic mass is 16.4. The normalized spacial score (nSPS) is 59.1. The average Bonchev–Trinajstić information content (AvgIpc) is 2.57. The van der Waals surface area contributed by atoms with E-state index < -0.39 is 16.8 Å². The van der Waals surface area contributed by atoms with E-state index in [2.05, 4.69) is 27.7 Å². The molecule has 0 heterocycles. The van der Waals surface area contributed by atoms with Crippen molar-refractivity contribution in [2.24, 2.45) is 33.5 Å². The van der Waals surface area contributed by atoms with Gasteiger partial charge in [-0.2, -0.15) is 0 Å². The Morgan fingerprint density at radius 3 is 1.94 bits per heavy atom. The SMILES string of the molecule is CC1C(C)C2(C)CC1(C)C(C)(CO)C2(C)C(=O)O. The fourth-order valence-corrected chi connectivity index (χ4v) is 5.54. The molecule has 3 heteroatoms. The Labute approximate surface area is 110 Å². The van der Waals surface area contributed by atoms with Gasteiger partial charge in [-0.05, 0) is 36.0 Å². The highest BCUT2D eigenvalue weighted by molar-refractivity contribution is 5.78. The summed E-state index contributed by atoms with van der Waals surface area (Å²) in [5, 5.41) is 19.8. The van der Waals surface area contributed by atoms with Gasteiger partial charge in [-0.25, -0.2) is 0 Å². The lowest BCUT2D eigenvalue weighted by molar-refractivity contribution is -0.191. The van der Waals surface area contributed by atoms with Gasteiger partial charge in [0.1, 0.15) is 0 Å². The molecule has 0 radical (unpaired) electrons. The maximum absolute atomic E-state index is 12.0. The number of aliphatic carboxylic acids is 1. The number of fused-ring (bicyclic) bond motifs is 2. The average molecular weight is 254 g/mol. The lowest BCUT2D eigenvalue weighted by Gasteiger charge is -2.58. The Bertz CT molecular complexity index is 407. The van der Waals surface area contributed by atoms with Crippen LogP contribution < -0.4 is 0 Å². The number of aliphatic hydroxyl groups is 1. The first-order valence-electron chi connectivity index (χ1n) is 6.87. The molecule has 0 aromatic carbocycles. The number of carbonyl (C=O) groups is 1. The summed E-state index contributed by atoms with van der Waals surface area (Å²) in [6.07, 6.45) is 0.891. The zero-order chi connectivity index (χ0) is 14.1. The minimum atomic E-state index is -0.866. The third-order valence-corrected chi connectivity index (χ3v) is 7.74. The Hall–Kier alpha value is -0.570. The first kappa shape index (κ1) is 13.9. The van der Waals surface area contributed by atoms with Crippen LogP contribution in [0, 0.1) is 33.5 Å². The first-order valence-corrected chi connectivity index (χ1v) is 6.87. The van der Waals surface area contributed by atoms with Gasteiger partial charge >= 0.3 is 5.97 Å². The predicted molar refractivity (Wildman–Crippen MR) is 70.1 cm³/mol. The maximum atomic E-state index is 12.0. The molecular weight excluding hydrogens is 228 g/mol. The zero-order valence-corrected chi connectivity index (χ0v) is 12.4. The number of rotatable bonds is 2. The molecule has 2 fully saturated rings. The third kappa shape index (κ3) is 0.974. The minimum Gasteiger partial charge on any atom is -0.481 e. The quantitative estimate of drug-likeness (QED) is 0.796. The van der Waals surface area contributed by atoms with E-state index in [9.17, 15) is 15.0 Å². The Balaban J connectivity index is 2.73.